The minimum absolute atomic E-state index is 0.00368. The monoisotopic (exact) mass is 655 g/mol. The summed E-state index contributed by atoms with van der Waals surface area (Å²) in [6.07, 6.45) is 1.84. The third-order valence-electron chi connectivity index (χ3n) is 6.96. The Kier molecular flexibility index (Phi) is 19.6. The van der Waals surface area contributed by atoms with Gasteiger partial charge in [-0.2, -0.15) is 0 Å². The summed E-state index contributed by atoms with van der Waals surface area (Å²) in [4.78, 5) is 35.4. The van der Waals surface area contributed by atoms with Crippen molar-refractivity contribution in [2.24, 2.45) is 11.3 Å². The molecule has 0 radical (unpaired) electrons. The molecule has 43 heavy (non-hydrogen) atoms. The highest BCUT2D eigenvalue weighted by atomic mass is 28.4. The topological polar surface area (TPSA) is 148 Å². The van der Waals surface area contributed by atoms with E-state index in [1.54, 1.807) is 27.4 Å². The van der Waals surface area contributed by atoms with E-state index in [1.165, 1.54) is 7.11 Å². The highest BCUT2D eigenvalue weighted by molar-refractivity contribution is 6.61. The molecule has 0 aromatic rings. The summed E-state index contributed by atoms with van der Waals surface area (Å²) in [6, 6.07) is 1.08. The highest BCUT2D eigenvalue weighted by Gasteiger charge is 2.60. The van der Waals surface area contributed by atoms with E-state index in [1.807, 2.05) is 20.8 Å². The van der Waals surface area contributed by atoms with Gasteiger partial charge in [-0.05, 0) is 46.0 Å². The van der Waals surface area contributed by atoms with Crippen LogP contribution in [0.3, 0.4) is 0 Å². The average Bonchev–Trinajstić information content (AvgIpc) is 3.74. The van der Waals surface area contributed by atoms with Crippen molar-refractivity contribution in [3.8, 4) is 0 Å². The second-order valence-corrected chi connectivity index (χ2v) is 15.6. The highest BCUT2D eigenvalue weighted by Crippen LogP contribution is 2.54. The summed E-state index contributed by atoms with van der Waals surface area (Å²) >= 11 is 0. The molecule has 0 aromatic carbocycles. The number of carbonyl (C=O) groups excluding carboxylic acids is 2. The first-order chi connectivity index (χ1) is 20.7. The maximum atomic E-state index is 13.0. The fourth-order valence-corrected chi connectivity index (χ4v) is 8.85. The number of nitrogens with one attached hydrogen (secondary N) is 1. The molecule has 0 bridgehead atoms. The van der Waals surface area contributed by atoms with Gasteiger partial charge in [-0.25, -0.2) is 14.6 Å². The van der Waals surface area contributed by atoms with Crippen molar-refractivity contribution in [1.82, 2.24) is 5.32 Å². The molecule has 3 atom stereocenters. The minimum Gasteiger partial charge on any atom is -0.461 e. The van der Waals surface area contributed by atoms with Crippen LogP contribution in [-0.2, 0) is 55.3 Å². The molecule has 1 saturated carbocycles. The molecule has 1 aliphatic rings. The van der Waals surface area contributed by atoms with Crippen LogP contribution >= 0.6 is 0 Å². The standard InChI is InChI=1S/C27H53NO13Si2/c1-9-23-19-27(23,22-37-31-5)25(29)36-21-24(20-35-16-14-18-42(32-6,33-7)34-8)41-26(30)28-15-13-17-43(38-10-2,39-11-3)40-12-4/h9,23-24H,1,10-22H2,2-8H3,(H,28,30). The van der Waals surface area contributed by atoms with Gasteiger partial charge in [0.2, 0.25) is 0 Å². The zero-order chi connectivity index (χ0) is 32.2. The molecular formula is C27H53NO13Si2. The van der Waals surface area contributed by atoms with E-state index < -0.39 is 41.2 Å². The van der Waals surface area contributed by atoms with Gasteiger partial charge in [0.15, 0.2) is 6.10 Å². The number of carbonyl (C=O) groups is 2. The number of alkyl carbamates (subject to hydrolysis) is 1. The van der Waals surface area contributed by atoms with Crippen LogP contribution in [0, 0.1) is 11.3 Å². The normalized spacial score (nSPS) is 19.1. The molecule has 1 fully saturated rings. The number of amides is 1. The number of rotatable bonds is 27. The molecule has 1 N–H and O–H groups in total. The first kappa shape index (κ1) is 39.6. The lowest BCUT2D eigenvalue weighted by Gasteiger charge is -2.28. The maximum absolute atomic E-state index is 13.0. The molecule has 0 aliphatic heterocycles. The lowest BCUT2D eigenvalue weighted by Crippen LogP contribution is -2.46. The molecule has 0 saturated heterocycles. The first-order valence-electron chi connectivity index (χ1n) is 14.7. The summed E-state index contributed by atoms with van der Waals surface area (Å²) in [5.74, 6) is -0.579. The van der Waals surface area contributed by atoms with E-state index in [-0.39, 0.29) is 25.7 Å². The Labute approximate surface area is 258 Å². The van der Waals surface area contributed by atoms with Crippen LogP contribution in [0.25, 0.3) is 0 Å². The summed E-state index contributed by atoms with van der Waals surface area (Å²) in [6.45, 7) is 11.3. The van der Waals surface area contributed by atoms with Crippen molar-refractivity contribution in [3.63, 3.8) is 0 Å². The minimum atomic E-state index is -2.82. The number of esters is 1. The van der Waals surface area contributed by atoms with E-state index in [0.717, 1.165) is 0 Å². The molecule has 252 valence electrons. The summed E-state index contributed by atoms with van der Waals surface area (Å²) in [5.41, 5.74) is -0.877. The number of ether oxygens (including phenoxy) is 3. The van der Waals surface area contributed by atoms with Gasteiger partial charge >= 0.3 is 29.7 Å². The van der Waals surface area contributed by atoms with Crippen LogP contribution in [0.2, 0.25) is 12.1 Å². The summed E-state index contributed by atoms with van der Waals surface area (Å²) in [7, 11) is 0.453. The van der Waals surface area contributed by atoms with Gasteiger partial charge < -0.3 is 46.1 Å². The van der Waals surface area contributed by atoms with Crippen molar-refractivity contribution in [1.29, 1.82) is 0 Å². The summed E-state index contributed by atoms with van der Waals surface area (Å²) in [5, 5.41) is 2.74. The molecule has 1 amide bonds. The van der Waals surface area contributed by atoms with Crippen molar-refractivity contribution >= 4 is 29.7 Å². The zero-order valence-corrected chi connectivity index (χ0v) is 28.9. The van der Waals surface area contributed by atoms with Crippen LogP contribution in [0.1, 0.15) is 40.0 Å². The molecule has 14 nitrogen and oxygen atoms in total. The van der Waals surface area contributed by atoms with E-state index in [4.69, 9.17) is 45.7 Å². The van der Waals surface area contributed by atoms with E-state index >= 15 is 0 Å². The summed E-state index contributed by atoms with van der Waals surface area (Å²) < 4.78 is 50.8. The third kappa shape index (κ3) is 13.2. The second kappa shape index (κ2) is 21.3. The molecule has 0 aromatic heterocycles. The third-order valence-corrected chi connectivity index (χ3v) is 12.9. The Morgan fingerprint density at radius 1 is 0.930 bits per heavy atom. The number of hydrogen-bond donors (Lipinski definition) is 1. The predicted octanol–water partition coefficient (Wildman–Crippen LogP) is 3.12. The van der Waals surface area contributed by atoms with E-state index in [9.17, 15) is 9.59 Å². The first-order valence-corrected chi connectivity index (χ1v) is 18.6. The lowest BCUT2D eigenvalue weighted by atomic mass is 10.1. The Morgan fingerprint density at radius 2 is 1.53 bits per heavy atom. The Morgan fingerprint density at radius 3 is 2.05 bits per heavy atom. The van der Waals surface area contributed by atoms with Gasteiger partial charge in [0.1, 0.15) is 12.0 Å². The fraction of sp³-hybridized carbons (Fsp3) is 0.852. The maximum Gasteiger partial charge on any atom is 0.500 e. The van der Waals surface area contributed by atoms with Crippen molar-refractivity contribution < 1.29 is 60.1 Å². The average molecular weight is 656 g/mol. The Balaban J connectivity index is 2.72. The molecule has 16 heteroatoms. The van der Waals surface area contributed by atoms with Crippen LogP contribution in [0.4, 0.5) is 4.79 Å². The number of hydrogen-bond acceptors (Lipinski definition) is 13. The van der Waals surface area contributed by atoms with E-state index in [0.29, 0.717) is 64.3 Å². The quantitative estimate of drug-likeness (QED) is 0.0345. The SMILES string of the molecule is C=CC1CC1(COOC)C(=O)OCC(COCCC[Si](OC)(OC)OC)OC(=O)NCCC[Si](OCC)(OCC)OCC. The molecule has 0 heterocycles. The van der Waals surface area contributed by atoms with Crippen LogP contribution in [-0.4, -0.2) is 117 Å². The van der Waals surface area contributed by atoms with Gasteiger partial charge in [-0.15, -0.1) is 6.58 Å². The fourth-order valence-electron chi connectivity index (χ4n) is 4.55. The van der Waals surface area contributed by atoms with Crippen LogP contribution in [0.5, 0.6) is 0 Å². The lowest BCUT2D eigenvalue weighted by molar-refractivity contribution is -0.282. The zero-order valence-electron chi connectivity index (χ0n) is 26.9. The molecule has 3 unspecified atom stereocenters. The second-order valence-electron chi connectivity index (χ2n) is 9.74. The van der Waals surface area contributed by atoms with Gasteiger partial charge in [-0.1, -0.05) is 6.08 Å². The van der Waals surface area contributed by atoms with Crippen molar-refractivity contribution in [3.05, 3.63) is 12.7 Å². The van der Waals surface area contributed by atoms with Gasteiger partial charge in [0.05, 0.1) is 20.3 Å². The van der Waals surface area contributed by atoms with Crippen molar-refractivity contribution in [2.45, 2.75) is 58.2 Å². The smallest absolute Gasteiger partial charge is 0.461 e. The molecule has 0 spiro atoms. The van der Waals surface area contributed by atoms with E-state index in [2.05, 4.69) is 16.8 Å². The van der Waals surface area contributed by atoms with Crippen LogP contribution in [0.15, 0.2) is 12.7 Å². The van der Waals surface area contributed by atoms with Gasteiger partial charge in [0.25, 0.3) is 0 Å². The van der Waals surface area contributed by atoms with Crippen molar-refractivity contribution in [2.75, 3.05) is 81.2 Å². The van der Waals surface area contributed by atoms with Gasteiger partial charge in [-0.3, -0.25) is 4.79 Å². The molecule has 1 aliphatic carbocycles. The van der Waals surface area contributed by atoms with Crippen LogP contribution < -0.4 is 5.32 Å². The Bertz CT molecular complexity index is 780. The predicted molar refractivity (Wildman–Crippen MR) is 160 cm³/mol. The van der Waals surface area contributed by atoms with Gasteiger partial charge in [0, 0.05) is 66.4 Å². The molecular weight excluding hydrogens is 602 g/mol. The number of allylic oxidation sites excluding steroid dienone is 1. The largest absolute Gasteiger partial charge is 0.500 e. The molecule has 1 rings (SSSR count). The Hall–Kier alpha value is -1.45.